The largest absolute Gasteiger partial charge is 0.493 e. The molecule has 2 amide bonds. The Morgan fingerprint density at radius 2 is 1.06 bits per heavy atom. The summed E-state index contributed by atoms with van der Waals surface area (Å²) in [4.78, 5) is 57.4. The Morgan fingerprint density at radius 1 is 0.647 bits per heavy atom. The van der Waals surface area contributed by atoms with E-state index >= 15 is 0 Å². The van der Waals surface area contributed by atoms with Gasteiger partial charge in [0.2, 0.25) is 19.1 Å². The van der Waals surface area contributed by atoms with E-state index in [-0.39, 0.29) is 97.3 Å². The van der Waals surface area contributed by atoms with Crippen molar-refractivity contribution in [2.24, 2.45) is 9.98 Å². The number of carbonyl (C=O) groups excluding carboxylic acids is 4. The molecule has 2 fully saturated rings. The van der Waals surface area contributed by atoms with E-state index < -0.39 is 71.5 Å². The van der Waals surface area contributed by atoms with Crippen LogP contribution in [0.3, 0.4) is 0 Å². The normalized spacial score (nSPS) is 16.6. The molecule has 0 unspecified atom stereocenters. The fourth-order valence-electron chi connectivity index (χ4n) is 9.49. The summed E-state index contributed by atoms with van der Waals surface area (Å²) in [5.74, 6) is -1.71. The topological polar surface area (TPSA) is 238 Å². The maximum atomic E-state index is 13.6. The number of nitrogens with zero attached hydrogens (tertiary/aromatic N) is 3. The summed E-state index contributed by atoms with van der Waals surface area (Å²) >= 11 is 0. The number of amides is 2. The maximum Gasteiger partial charge on any atom is 0.416 e. The Kier molecular flexibility index (Phi) is 22.4. The van der Waals surface area contributed by atoms with Gasteiger partial charge in [-0.3, -0.25) is 19.6 Å². The molecule has 4 aromatic carbocycles. The van der Waals surface area contributed by atoms with Gasteiger partial charge in [-0.05, 0) is 161 Å². The molecular weight excluding hydrogens is 1190 g/mol. The van der Waals surface area contributed by atoms with Gasteiger partial charge in [-0.15, -0.1) is 13.2 Å². The molecule has 4 aromatic rings. The van der Waals surface area contributed by atoms with Gasteiger partial charge in [0.05, 0.1) is 61.2 Å². The minimum Gasteiger partial charge on any atom is -0.493 e. The average molecular weight is 1250 g/mol. The van der Waals surface area contributed by atoms with E-state index in [1.807, 2.05) is 6.92 Å². The molecular formula is C58H65ClF6N6O12S2. The van der Waals surface area contributed by atoms with Gasteiger partial charge in [0, 0.05) is 34.9 Å². The molecule has 0 atom stereocenters. The number of piperidine rings is 2. The van der Waals surface area contributed by atoms with E-state index in [0.29, 0.717) is 56.3 Å². The first-order chi connectivity index (χ1) is 39.9. The third-order valence-electron chi connectivity index (χ3n) is 14.3. The standard InChI is InChI=1S/C29H32F3N3O6S.C18H20F3N3O2.C11H13ClO4S/c1-4-5-13-41-24-17-22(16-23(18-24)29(30,31)32)25-33-27(37)28(34-25)9-11-35(12-10-28)42(38,39)14-8-20-6-7-21(15-19(20)2)26(36)40-3;1-2-3-8-26-14-10-12(9-13(11-14)18(19,20)21)15-23-16(25)17(24-15)4-6-22-7-5-17;1-8-7-10(11(13)16-2)4-3-9(8)5-6-17(12,14)15/h4,6-7,15-18H,1,5,8-14H2,2-3H3,(H,33,34,37);2,9-11,22H,1,3-8H2,(H,23,24,25);3-4,7H,5-6H2,1-2H3. The quantitative estimate of drug-likeness (QED) is 0.0263. The van der Waals surface area contributed by atoms with Crippen molar-refractivity contribution in [3.63, 3.8) is 0 Å². The fourth-order valence-corrected chi connectivity index (χ4v) is 11.7. The number of benzene rings is 4. The van der Waals surface area contributed by atoms with Crippen molar-refractivity contribution < 1.29 is 81.3 Å². The molecule has 4 heterocycles. The highest BCUT2D eigenvalue weighted by atomic mass is 35.7. The smallest absolute Gasteiger partial charge is 0.416 e. The molecule has 2 saturated heterocycles. The zero-order valence-corrected chi connectivity index (χ0v) is 49.4. The van der Waals surface area contributed by atoms with Crippen LogP contribution in [-0.4, -0.2) is 133 Å². The second kappa shape index (κ2) is 28.4. The molecule has 4 aliphatic rings. The van der Waals surface area contributed by atoms with Crippen molar-refractivity contribution in [1.29, 1.82) is 0 Å². The molecule has 85 heavy (non-hydrogen) atoms. The fraction of sp³-hybridized carbons (Fsp3) is 0.414. The number of ether oxygens (including phenoxy) is 4. The second-order valence-corrected chi connectivity index (χ2v) is 25.2. The van der Waals surface area contributed by atoms with Crippen LogP contribution in [-0.2, 0) is 63.3 Å². The molecule has 0 bridgehead atoms. The molecule has 4 aliphatic heterocycles. The van der Waals surface area contributed by atoms with Crippen LogP contribution in [0.15, 0.2) is 108 Å². The minimum atomic E-state index is -4.64. The van der Waals surface area contributed by atoms with Crippen molar-refractivity contribution >= 4 is 65.2 Å². The van der Waals surface area contributed by atoms with Crippen LogP contribution >= 0.6 is 10.7 Å². The molecule has 27 heteroatoms. The lowest BCUT2D eigenvalue weighted by Crippen LogP contribution is -2.50. The number of halogens is 7. The van der Waals surface area contributed by atoms with E-state index in [2.05, 4.69) is 43.8 Å². The van der Waals surface area contributed by atoms with E-state index in [4.69, 9.17) is 24.9 Å². The lowest BCUT2D eigenvalue weighted by atomic mass is 9.89. The third kappa shape index (κ3) is 18.0. The SMILES string of the molecule is C=CCCOc1cc(C2=NC3(CCN(S(=O)(=O)CCc4ccc(C(=O)OC)cc4C)CC3)C(=O)N2)cc(C(F)(F)F)c1.C=CCCOc1cc(C2=NC3(CCNCC3)C(=O)N2)cc(C(F)(F)F)c1.COC(=O)c1ccc(CCS(=O)(=O)Cl)c(C)c1. The number of methoxy groups -OCH3 is 2. The van der Waals surface area contributed by atoms with Crippen molar-refractivity contribution in [3.05, 3.63) is 154 Å². The van der Waals surface area contributed by atoms with Crippen LogP contribution in [0.1, 0.15) is 104 Å². The number of hydrogen-bond acceptors (Lipinski definition) is 15. The van der Waals surface area contributed by atoms with Crippen LogP contribution in [0, 0.1) is 13.8 Å². The van der Waals surface area contributed by atoms with Crippen molar-refractivity contribution in [2.75, 3.05) is 65.1 Å². The number of carbonyl (C=O) groups is 4. The summed E-state index contributed by atoms with van der Waals surface area (Å²) in [7, 11) is 0.558. The summed E-state index contributed by atoms with van der Waals surface area (Å²) in [6.45, 7) is 12.4. The number of amidine groups is 2. The summed E-state index contributed by atoms with van der Waals surface area (Å²) in [6.07, 6.45) is -3.26. The molecule has 460 valence electrons. The highest BCUT2D eigenvalue weighted by molar-refractivity contribution is 8.13. The third-order valence-corrected chi connectivity index (χ3v) is 17.3. The summed E-state index contributed by atoms with van der Waals surface area (Å²) in [5.41, 5.74) is 0.339. The molecule has 0 aliphatic carbocycles. The average Bonchev–Trinajstić information content (AvgIpc) is 3.59. The molecule has 2 spiro atoms. The number of hydrogen-bond donors (Lipinski definition) is 3. The molecule has 18 nitrogen and oxygen atoms in total. The van der Waals surface area contributed by atoms with E-state index in [9.17, 15) is 62.4 Å². The van der Waals surface area contributed by atoms with Gasteiger partial charge in [-0.2, -0.15) is 26.3 Å². The van der Waals surface area contributed by atoms with Crippen LogP contribution in [0.25, 0.3) is 0 Å². The second-order valence-electron chi connectivity index (χ2n) is 20.2. The number of esters is 2. The zero-order chi connectivity index (χ0) is 62.5. The lowest BCUT2D eigenvalue weighted by Gasteiger charge is -2.34. The molecule has 0 aromatic heterocycles. The van der Waals surface area contributed by atoms with Crippen LogP contribution < -0.4 is 25.4 Å². The van der Waals surface area contributed by atoms with E-state index in [0.717, 1.165) is 46.5 Å². The summed E-state index contributed by atoms with van der Waals surface area (Å²) in [6, 6.07) is 16.5. The van der Waals surface area contributed by atoms with Gasteiger partial charge in [0.1, 0.15) is 34.2 Å². The lowest BCUT2D eigenvalue weighted by molar-refractivity contribution is -0.138. The predicted octanol–water partition coefficient (Wildman–Crippen LogP) is 8.59. The number of rotatable bonds is 19. The van der Waals surface area contributed by atoms with Gasteiger partial charge in [0.25, 0.3) is 11.8 Å². The number of sulfonamides is 1. The van der Waals surface area contributed by atoms with Crippen molar-refractivity contribution in [3.8, 4) is 11.5 Å². The Labute approximate surface area is 493 Å². The molecule has 0 saturated carbocycles. The summed E-state index contributed by atoms with van der Waals surface area (Å²) < 4.78 is 150. The monoisotopic (exact) mass is 1250 g/mol. The Morgan fingerprint density at radius 3 is 1.44 bits per heavy atom. The Bertz CT molecular complexity index is 3450. The van der Waals surface area contributed by atoms with Gasteiger partial charge >= 0.3 is 24.3 Å². The van der Waals surface area contributed by atoms with E-state index in [1.165, 1.54) is 30.7 Å². The molecule has 8 rings (SSSR count). The van der Waals surface area contributed by atoms with Gasteiger partial charge in [0.15, 0.2) is 0 Å². The first-order valence-corrected chi connectivity index (χ1v) is 30.8. The van der Waals surface area contributed by atoms with Gasteiger partial charge in [-0.1, -0.05) is 24.3 Å². The number of aryl methyl sites for hydroxylation is 4. The Hall–Kier alpha value is -7.13. The minimum absolute atomic E-state index is 0.0122. The Balaban J connectivity index is 0.000000228. The van der Waals surface area contributed by atoms with E-state index in [1.54, 1.807) is 55.5 Å². The molecule has 0 radical (unpaired) electrons. The van der Waals surface area contributed by atoms with Gasteiger partial charge < -0.3 is 34.9 Å². The first kappa shape index (κ1) is 67.0. The van der Waals surface area contributed by atoms with Crippen molar-refractivity contribution in [1.82, 2.24) is 20.3 Å². The van der Waals surface area contributed by atoms with Crippen molar-refractivity contribution in [2.45, 2.75) is 88.6 Å². The number of alkyl halides is 6. The first-order valence-electron chi connectivity index (χ1n) is 26.7. The highest BCUT2D eigenvalue weighted by Crippen LogP contribution is 2.38. The highest BCUT2D eigenvalue weighted by Gasteiger charge is 2.48. The molecule has 3 N–H and O–H groups in total. The van der Waals surface area contributed by atoms with Crippen LogP contribution in [0.4, 0.5) is 26.3 Å². The van der Waals surface area contributed by atoms with Crippen LogP contribution in [0.2, 0.25) is 0 Å². The maximum absolute atomic E-state index is 13.6. The zero-order valence-electron chi connectivity index (χ0n) is 47.0. The number of nitrogens with one attached hydrogen (secondary N) is 3. The number of aliphatic imine (C=N–C) groups is 2. The summed E-state index contributed by atoms with van der Waals surface area (Å²) in [5, 5.41) is 8.40. The predicted molar refractivity (Wildman–Crippen MR) is 307 cm³/mol. The van der Waals surface area contributed by atoms with Crippen LogP contribution in [0.5, 0.6) is 11.5 Å². The van der Waals surface area contributed by atoms with Gasteiger partial charge in [-0.25, -0.2) is 30.7 Å².